The number of rotatable bonds is 12. The average molecular weight is 543 g/mol. The van der Waals surface area contributed by atoms with E-state index in [1.54, 1.807) is 44.3 Å². The second-order valence-corrected chi connectivity index (χ2v) is 9.34. The SMILES string of the molecule is CCOc1ccc(/C(O)=[SH]/C(CCO)=C(/C)N(C=O)Cc2cnc(C)nc2N)c(Oc2cccc(F)c2)c1. The molecule has 0 saturated heterocycles. The van der Waals surface area contributed by atoms with E-state index in [9.17, 15) is 19.4 Å². The minimum absolute atomic E-state index is 0.0914. The molecule has 2 aromatic carbocycles. The molecular weight excluding hydrogens is 511 g/mol. The van der Waals surface area contributed by atoms with Crippen LogP contribution in [-0.2, 0) is 11.3 Å². The van der Waals surface area contributed by atoms with Gasteiger partial charge in [0.2, 0.25) is 6.41 Å². The zero-order valence-electron chi connectivity index (χ0n) is 21.4. The van der Waals surface area contributed by atoms with Crippen LogP contribution in [0.15, 0.2) is 59.3 Å². The third-order valence-corrected chi connectivity index (χ3v) is 6.72. The first-order valence-electron chi connectivity index (χ1n) is 11.8. The molecule has 11 heteroatoms. The van der Waals surface area contributed by atoms with Gasteiger partial charge in [-0.3, -0.25) is 4.79 Å². The van der Waals surface area contributed by atoms with Crippen LogP contribution in [0.2, 0.25) is 0 Å². The van der Waals surface area contributed by atoms with Gasteiger partial charge in [-0.1, -0.05) is 6.07 Å². The molecular formula is C27H31FN4O5S. The first-order chi connectivity index (χ1) is 18.2. The molecule has 0 aliphatic rings. The van der Waals surface area contributed by atoms with Crippen molar-refractivity contribution in [3.8, 4) is 17.2 Å². The van der Waals surface area contributed by atoms with Crippen LogP contribution in [0, 0.1) is 12.7 Å². The van der Waals surface area contributed by atoms with E-state index in [4.69, 9.17) is 15.2 Å². The molecule has 0 aliphatic carbocycles. The standard InChI is InChI=1S/C27H31FN4O5S/c1-4-36-21-8-9-23(24(13-21)37-22-7-5-6-20(28)12-22)27(35)38-25(10-11-33)17(2)32(16-34)15-19-14-30-18(3)31-26(19)29/h5-9,12-14,16,33,35,38H,4,10-11,15H2,1-3H3,(H2,29,30,31)/b25-17-. The summed E-state index contributed by atoms with van der Waals surface area (Å²) >= 11 is 0.336. The summed E-state index contributed by atoms with van der Waals surface area (Å²) in [7, 11) is 0. The number of aliphatic hydroxyl groups excluding tert-OH is 2. The molecule has 0 spiro atoms. The van der Waals surface area contributed by atoms with Gasteiger partial charge in [-0.15, -0.1) is 11.4 Å². The predicted molar refractivity (Wildman–Crippen MR) is 147 cm³/mol. The quantitative estimate of drug-likeness (QED) is 0.150. The predicted octanol–water partition coefficient (Wildman–Crippen LogP) is 4.47. The van der Waals surface area contributed by atoms with Crippen molar-refractivity contribution < 1.29 is 28.9 Å². The Morgan fingerprint density at radius 2 is 2.03 bits per heavy atom. The number of nitrogens with zero attached hydrogens (tertiary/aromatic N) is 3. The lowest BCUT2D eigenvalue weighted by Gasteiger charge is -2.22. The lowest BCUT2D eigenvalue weighted by molar-refractivity contribution is -0.116. The van der Waals surface area contributed by atoms with Crippen LogP contribution in [0.5, 0.6) is 17.2 Å². The lowest BCUT2D eigenvalue weighted by Crippen LogP contribution is -2.22. The molecule has 0 unspecified atom stereocenters. The number of carbonyl (C=O) groups is 1. The Kier molecular flexibility index (Phi) is 10.3. The maximum Gasteiger partial charge on any atom is 0.214 e. The van der Waals surface area contributed by atoms with Crippen molar-refractivity contribution in [3.05, 3.63) is 82.0 Å². The number of thiol groups is 1. The summed E-state index contributed by atoms with van der Waals surface area (Å²) in [6.07, 6.45) is 2.40. The topological polar surface area (TPSA) is 131 Å². The van der Waals surface area contributed by atoms with Gasteiger partial charge in [0.1, 0.15) is 39.8 Å². The van der Waals surface area contributed by atoms with Crippen LogP contribution >= 0.6 is 11.4 Å². The van der Waals surface area contributed by atoms with Gasteiger partial charge in [0, 0.05) is 47.5 Å². The maximum atomic E-state index is 13.7. The van der Waals surface area contributed by atoms with E-state index in [1.807, 2.05) is 6.92 Å². The van der Waals surface area contributed by atoms with Gasteiger partial charge in [-0.05, 0) is 45.0 Å². The Bertz CT molecular complexity index is 1350. The van der Waals surface area contributed by atoms with Crippen molar-refractivity contribution in [1.29, 1.82) is 0 Å². The van der Waals surface area contributed by atoms with Gasteiger partial charge >= 0.3 is 0 Å². The van der Waals surface area contributed by atoms with Gasteiger partial charge in [-0.25, -0.2) is 14.4 Å². The second-order valence-electron chi connectivity index (χ2n) is 8.15. The number of hydrogen-bond acceptors (Lipinski definition) is 7. The van der Waals surface area contributed by atoms with Crippen molar-refractivity contribution in [3.63, 3.8) is 0 Å². The van der Waals surface area contributed by atoms with Gasteiger partial charge in [0.25, 0.3) is 0 Å². The fourth-order valence-corrected chi connectivity index (χ4v) is 4.58. The van der Waals surface area contributed by atoms with Gasteiger partial charge in [-0.2, -0.15) is 0 Å². The minimum atomic E-state index is -0.464. The number of carbonyl (C=O) groups excluding carboxylic acids is 1. The Morgan fingerprint density at radius 3 is 2.68 bits per heavy atom. The Labute approximate surface area is 224 Å². The zero-order chi connectivity index (χ0) is 27.7. The van der Waals surface area contributed by atoms with Crippen LogP contribution in [0.25, 0.3) is 0 Å². The smallest absolute Gasteiger partial charge is 0.214 e. The van der Waals surface area contributed by atoms with E-state index < -0.39 is 5.82 Å². The number of anilines is 1. The van der Waals surface area contributed by atoms with Crippen molar-refractivity contribution in [2.45, 2.75) is 33.7 Å². The van der Waals surface area contributed by atoms with Crippen molar-refractivity contribution >= 4 is 28.6 Å². The summed E-state index contributed by atoms with van der Waals surface area (Å²) in [6.45, 7) is 5.61. The highest BCUT2D eigenvalue weighted by Gasteiger charge is 2.16. The van der Waals surface area contributed by atoms with E-state index >= 15 is 0 Å². The summed E-state index contributed by atoms with van der Waals surface area (Å²) in [5.41, 5.74) is 7.43. The summed E-state index contributed by atoms with van der Waals surface area (Å²) < 4.78 is 25.2. The number of nitrogen functional groups attached to an aromatic ring is 1. The number of halogens is 1. The van der Waals surface area contributed by atoms with E-state index in [0.717, 1.165) is 0 Å². The molecule has 0 aliphatic heterocycles. The molecule has 0 atom stereocenters. The summed E-state index contributed by atoms with van der Waals surface area (Å²) in [5, 5.41) is 20.8. The molecule has 3 rings (SSSR count). The number of amides is 1. The fourth-order valence-electron chi connectivity index (χ4n) is 3.52. The van der Waals surface area contributed by atoms with Crippen molar-refractivity contribution in [2.24, 2.45) is 0 Å². The number of hydrogen-bond donors (Lipinski definition) is 4. The molecule has 0 bridgehead atoms. The van der Waals surface area contributed by atoms with E-state index in [0.29, 0.717) is 57.7 Å². The highest BCUT2D eigenvalue weighted by molar-refractivity contribution is 8.02. The van der Waals surface area contributed by atoms with Crippen LogP contribution in [0.1, 0.15) is 37.2 Å². The van der Waals surface area contributed by atoms with Gasteiger partial charge in [0.05, 0.1) is 18.7 Å². The number of ether oxygens (including phenoxy) is 2. The van der Waals surface area contributed by atoms with Crippen LogP contribution in [-0.4, -0.2) is 49.8 Å². The number of benzene rings is 2. The molecule has 38 heavy (non-hydrogen) atoms. The van der Waals surface area contributed by atoms with Crippen molar-refractivity contribution in [2.75, 3.05) is 18.9 Å². The van der Waals surface area contributed by atoms with Crippen LogP contribution < -0.4 is 15.2 Å². The minimum Gasteiger partial charge on any atom is -0.494 e. The van der Waals surface area contributed by atoms with Crippen molar-refractivity contribution in [1.82, 2.24) is 14.9 Å². The Balaban J connectivity index is 2.01. The zero-order valence-corrected chi connectivity index (χ0v) is 22.3. The summed E-state index contributed by atoms with van der Waals surface area (Å²) in [6, 6.07) is 10.6. The van der Waals surface area contributed by atoms with Crippen LogP contribution in [0.3, 0.4) is 0 Å². The molecule has 1 amide bonds. The molecule has 202 valence electrons. The highest BCUT2D eigenvalue weighted by atomic mass is 32.1. The molecule has 0 radical (unpaired) electrons. The molecule has 0 fully saturated rings. The number of aliphatic hydroxyl groups is 2. The molecule has 1 aromatic heterocycles. The number of allylic oxidation sites excluding steroid dienone is 1. The normalized spacial score (nSPS) is 12.3. The number of aromatic nitrogens is 2. The monoisotopic (exact) mass is 542 g/mol. The van der Waals surface area contributed by atoms with E-state index in [1.165, 1.54) is 23.1 Å². The second kappa shape index (κ2) is 13.7. The van der Waals surface area contributed by atoms with Crippen LogP contribution in [0.4, 0.5) is 10.2 Å². The fraction of sp³-hybridized carbons (Fsp3) is 0.259. The third kappa shape index (κ3) is 7.60. The average Bonchev–Trinajstić information content (AvgIpc) is 2.88. The Morgan fingerprint density at radius 1 is 1.24 bits per heavy atom. The Hall–Kier alpha value is -3.80. The van der Waals surface area contributed by atoms with Gasteiger partial charge in [0.15, 0.2) is 0 Å². The molecule has 4 N–H and O–H groups in total. The number of aryl methyl sites for hydroxylation is 1. The molecule has 1 heterocycles. The van der Waals surface area contributed by atoms with E-state index in [-0.39, 0.29) is 41.9 Å². The summed E-state index contributed by atoms with van der Waals surface area (Å²) in [4.78, 5) is 22.3. The first kappa shape index (κ1) is 28.8. The highest BCUT2D eigenvalue weighted by Crippen LogP contribution is 2.32. The maximum absolute atomic E-state index is 13.7. The van der Waals surface area contributed by atoms with E-state index in [2.05, 4.69) is 9.97 Å². The van der Waals surface area contributed by atoms with Gasteiger partial charge < -0.3 is 30.3 Å². The largest absolute Gasteiger partial charge is 0.494 e. The number of nitrogens with two attached hydrogens (primary N) is 1. The summed E-state index contributed by atoms with van der Waals surface area (Å²) in [5.74, 6) is 1.33. The molecule has 0 saturated carbocycles. The lowest BCUT2D eigenvalue weighted by atomic mass is 10.2. The third-order valence-electron chi connectivity index (χ3n) is 5.45. The molecule has 3 aromatic rings. The molecule has 9 nitrogen and oxygen atoms in total. The first-order valence-corrected chi connectivity index (χ1v) is 12.7.